The summed E-state index contributed by atoms with van der Waals surface area (Å²) in [5, 5.41) is 11.0. The van der Waals surface area contributed by atoms with Gasteiger partial charge in [0.25, 0.3) is 0 Å². The van der Waals surface area contributed by atoms with Gasteiger partial charge in [-0.05, 0) is 47.9 Å². The van der Waals surface area contributed by atoms with E-state index in [0.29, 0.717) is 5.02 Å². The van der Waals surface area contributed by atoms with Crippen LogP contribution in [0.15, 0.2) is 42.5 Å². The summed E-state index contributed by atoms with van der Waals surface area (Å²) in [5.74, 6) is 0.821. The molecule has 0 fully saturated rings. The molecule has 0 aliphatic rings. The zero-order valence-electron chi connectivity index (χ0n) is 10.4. The molecule has 1 N–H and O–H groups in total. The molecule has 0 heterocycles. The van der Waals surface area contributed by atoms with E-state index in [1.807, 2.05) is 37.3 Å². The summed E-state index contributed by atoms with van der Waals surface area (Å²) in [5.41, 5.74) is 2.67. The van der Waals surface area contributed by atoms with E-state index in [2.05, 4.69) is 0 Å². The first kappa shape index (κ1) is 12.9. The molecule has 0 aromatic heterocycles. The molecule has 2 rings (SSSR count). The average Bonchev–Trinajstić information content (AvgIpc) is 2.38. The Kier molecular flexibility index (Phi) is 3.90. The lowest BCUT2D eigenvalue weighted by atomic mass is 10.00. The Bertz CT molecular complexity index is 535. The smallest absolute Gasteiger partial charge is 0.121 e. The quantitative estimate of drug-likeness (QED) is 0.913. The number of halogens is 1. The highest BCUT2D eigenvalue weighted by molar-refractivity contribution is 6.30. The number of benzene rings is 2. The van der Waals surface area contributed by atoms with Crippen LogP contribution in [0.1, 0.15) is 22.8 Å². The van der Waals surface area contributed by atoms with Crippen molar-refractivity contribution < 1.29 is 9.84 Å². The molecule has 0 saturated carbocycles. The Hall–Kier alpha value is -1.51. The van der Waals surface area contributed by atoms with Crippen LogP contribution in [0.4, 0.5) is 0 Å². The van der Waals surface area contributed by atoms with Crippen LogP contribution >= 0.6 is 11.6 Å². The van der Waals surface area contributed by atoms with Crippen LogP contribution < -0.4 is 4.74 Å². The van der Waals surface area contributed by atoms with E-state index in [9.17, 15) is 5.11 Å². The molecule has 2 nitrogen and oxygen atoms in total. The zero-order chi connectivity index (χ0) is 13.1. The third-order valence-corrected chi connectivity index (χ3v) is 3.17. The minimum absolute atomic E-state index is 0.646. The van der Waals surface area contributed by atoms with E-state index >= 15 is 0 Å². The second-order valence-corrected chi connectivity index (χ2v) is 4.62. The molecule has 0 aliphatic carbocycles. The number of hydrogen-bond donors (Lipinski definition) is 1. The van der Waals surface area contributed by atoms with Crippen molar-refractivity contribution in [1.29, 1.82) is 0 Å². The van der Waals surface area contributed by atoms with Crippen LogP contribution in [0.25, 0.3) is 0 Å². The number of methoxy groups -OCH3 is 1. The van der Waals surface area contributed by atoms with E-state index in [4.69, 9.17) is 16.3 Å². The second kappa shape index (κ2) is 5.42. The van der Waals surface area contributed by atoms with Crippen molar-refractivity contribution in [3.05, 3.63) is 64.2 Å². The van der Waals surface area contributed by atoms with Crippen molar-refractivity contribution in [2.24, 2.45) is 0 Å². The van der Waals surface area contributed by atoms with Crippen LogP contribution in [0.2, 0.25) is 5.02 Å². The lowest BCUT2D eigenvalue weighted by Crippen LogP contribution is -2.00. The van der Waals surface area contributed by atoms with Crippen LogP contribution in [0, 0.1) is 6.92 Å². The number of rotatable bonds is 3. The summed E-state index contributed by atoms with van der Waals surface area (Å²) in [6, 6.07) is 12.9. The maximum Gasteiger partial charge on any atom is 0.121 e. The summed E-state index contributed by atoms with van der Waals surface area (Å²) >= 11 is 5.83. The van der Waals surface area contributed by atoms with Crippen molar-refractivity contribution in [2.75, 3.05) is 7.11 Å². The van der Waals surface area contributed by atoms with Gasteiger partial charge in [-0.15, -0.1) is 0 Å². The highest BCUT2D eigenvalue weighted by atomic mass is 35.5. The molecule has 0 aliphatic heterocycles. The molecule has 3 heteroatoms. The third kappa shape index (κ3) is 2.66. The van der Waals surface area contributed by atoms with Crippen molar-refractivity contribution in [1.82, 2.24) is 0 Å². The predicted molar refractivity (Wildman–Crippen MR) is 73.2 cm³/mol. The van der Waals surface area contributed by atoms with Gasteiger partial charge in [-0.25, -0.2) is 0 Å². The first-order chi connectivity index (χ1) is 8.61. The fourth-order valence-electron chi connectivity index (χ4n) is 1.91. The Morgan fingerprint density at radius 3 is 2.22 bits per heavy atom. The van der Waals surface area contributed by atoms with Crippen LogP contribution in [-0.4, -0.2) is 12.2 Å². The minimum atomic E-state index is -0.646. The summed E-state index contributed by atoms with van der Waals surface area (Å²) < 4.78 is 5.20. The summed E-state index contributed by atoms with van der Waals surface area (Å²) in [7, 11) is 1.64. The molecule has 1 atom stereocenters. The summed E-state index contributed by atoms with van der Waals surface area (Å²) in [4.78, 5) is 0. The zero-order valence-corrected chi connectivity index (χ0v) is 11.1. The molecule has 0 spiro atoms. The fourth-order valence-corrected chi connectivity index (χ4v) is 2.04. The van der Waals surface area contributed by atoms with Gasteiger partial charge in [0.05, 0.1) is 7.11 Å². The Balaban J connectivity index is 2.31. The minimum Gasteiger partial charge on any atom is -0.496 e. The molecule has 2 aromatic rings. The van der Waals surface area contributed by atoms with Gasteiger partial charge < -0.3 is 9.84 Å². The van der Waals surface area contributed by atoms with Crippen LogP contribution in [0.5, 0.6) is 5.75 Å². The molecule has 18 heavy (non-hydrogen) atoms. The van der Waals surface area contributed by atoms with E-state index in [1.165, 1.54) is 0 Å². The highest BCUT2D eigenvalue weighted by Crippen LogP contribution is 2.27. The standard InChI is InChI=1S/C15H15ClO2/c1-10-9-12(5-8-14(10)18-2)15(17)11-3-6-13(16)7-4-11/h3-9,15,17H,1-2H3. The monoisotopic (exact) mass is 262 g/mol. The molecule has 94 valence electrons. The molecular formula is C15H15ClO2. The number of aliphatic hydroxyl groups is 1. The fraction of sp³-hybridized carbons (Fsp3) is 0.200. The van der Waals surface area contributed by atoms with Crippen molar-refractivity contribution >= 4 is 11.6 Å². The first-order valence-electron chi connectivity index (χ1n) is 5.70. The first-order valence-corrected chi connectivity index (χ1v) is 6.07. The van der Waals surface area contributed by atoms with Crippen molar-refractivity contribution in [3.8, 4) is 5.75 Å². The normalized spacial score (nSPS) is 12.2. The average molecular weight is 263 g/mol. The topological polar surface area (TPSA) is 29.5 Å². The molecule has 0 bridgehead atoms. The number of aliphatic hydroxyl groups excluding tert-OH is 1. The Labute approximate surface area is 112 Å². The largest absolute Gasteiger partial charge is 0.496 e. The maximum absolute atomic E-state index is 10.3. The van der Waals surface area contributed by atoms with E-state index in [0.717, 1.165) is 22.4 Å². The van der Waals surface area contributed by atoms with Crippen LogP contribution in [-0.2, 0) is 0 Å². The molecule has 0 radical (unpaired) electrons. The van der Waals surface area contributed by atoms with Gasteiger partial charge >= 0.3 is 0 Å². The molecule has 0 saturated heterocycles. The second-order valence-electron chi connectivity index (χ2n) is 4.18. The van der Waals surface area contributed by atoms with Crippen molar-refractivity contribution in [2.45, 2.75) is 13.0 Å². The van der Waals surface area contributed by atoms with Gasteiger partial charge in [0.2, 0.25) is 0 Å². The molecular weight excluding hydrogens is 248 g/mol. The van der Waals surface area contributed by atoms with Gasteiger partial charge in [0, 0.05) is 5.02 Å². The van der Waals surface area contributed by atoms with E-state index in [-0.39, 0.29) is 0 Å². The molecule has 0 amide bonds. The predicted octanol–water partition coefficient (Wildman–Crippen LogP) is 3.74. The third-order valence-electron chi connectivity index (χ3n) is 2.92. The molecule has 2 aromatic carbocycles. The number of ether oxygens (including phenoxy) is 1. The van der Waals surface area contributed by atoms with Gasteiger partial charge in [-0.3, -0.25) is 0 Å². The van der Waals surface area contributed by atoms with E-state index < -0.39 is 6.10 Å². The Morgan fingerprint density at radius 1 is 1.06 bits per heavy atom. The molecule has 1 unspecified atom stereocenters. The van der Waals surface area contributed by atoms with Crippen LogP contribution in [0.3, 0.4) is 0 Å². The summed E-state index contributed by atoms with van der Waals surface area (Å²) in [6.07, 6.45) is -0.646. The lowest BCUT2D eigenvalue weighted by Gasteiger charge is -2.13. The Morgan fingerprint density at radius 2 is 1.67 bits per heavy atom. The maximum atomic E-state index is 10.3. The van der Waals surface area contributed by atoms with Gasteiger partial charge in [0.15, 0.2) is 0 Å². The van der Waals surface area contributed by atoms with Gasteiger partial charge in [-0.1, -0.05) is 29.8 Å². The summed E-state index contributed by atoms with van der Waals surface area (Å²) in [6.45, 7) is 1.96. The lowest BCUT2D eigenvalue weighted by molar-refractivity contribution is 0.220. The van der Waals surface area contributed by atoms with E-state index in [1.54, 1.807) is 19.2 Å². The van der Waals surface area contributed by atoms with Gasteiger partial charge in [0.1, 0.15) is 11.9 Å². The van der Waals surface area contributed by atoms with Crippen molar-refractivity contribution in [3.63, 3.8) is 0 Å². The highest BCUT2D eigenvalue weighted by Gasteiger charge is 2.11. The van der Waals surface area contributed by atoms with Gasteiger partial charge in [-0.2, -0.15) is 0 Å². The number of hydrogen-bond acceptors (Lipinski definition) is 2. The number of aryl methyl sites for hydroxylation is 1. The SMILES string of the molecule is COc1ccc(C(O)c2ccc(Cl)cc2)cc1C.